The third kappa shape index (κ3) is 13.7. The van der Waals surface area contributed by atoms with Crippen LogP contribution in [0.2, 0.25) is 0 Å². The maximum absolute atomic E-state index is 14.1. The molecule has 1 aromatic carbocycles. The molecule has 3 aromatic rings. The molecule has 6 atom stereocenters. The summed E-state index contributed by atoms with van der Waals surface area (Å²) in [5.41, 5.74) is 5.54. The largest absolute Gasteiger partial charge is 0.472 e. The molecule has 0 spiro atoms. The number of aliphatic imine (C=N–C) groups is 1. The van der Waals surface area contributed by atoms with Crippen LogP contribution in [0.15, 0.2) is 41.7 Å². The summed E-state index contributed by atoms with van der Waals surface area (Å²) in [4.78, 5) is 18.7. The van der Waals surface area contributed by atoms with E-state index in [1.165, 1.54) is 107 Å². The Morgan fingerprint density at radius 3 is 2.30 bits per heavy atom. The Kier molecular flexibility index (Phi) is 18.8. The smallest absolute Gasteiger partial charge is 0.387 e. The first-order valence-electron chi connectivity index (χ1n) is 20.0. The highest BCUT2D eigenvalue weighted by molar-refractivity contribution is 7.47. The molecule has 14 nitrogen and oxygen atoms in total. The summed E-state index contributed by atoms with van der Waals surface area (Å²) in [6, 6.07) is 9.11. The number of aromatic nitrogens is 3. The molecule has 0 amide bonds. The van der Waals surface area contributed by atoms with E-state index in [1.54, 1.807) is 12.1 Å². The number of phosphoric acid groups is 1. The molecule has 1 aliphatic rings. The fourth-order valence-electron chi connectivity index (χ4n) is 7.10. The highest BCUT2D eigenvalue weighted by Crippen LogP contribution is 2.47. The van der Waals surface area contributed by atoms with Crippen molar-refractivity contribution >= 4 is 25.4 Å². The van der Waals surface area contributed by atoms with Crippen molar-refractivity contribution in [3.8, 4) is 6.07 Å². The number of fused-ring (bicyclic) bond motifs is 1. The van der Waals surface area contributed by atoms with Crippen molar-refractivity contribution in [1.82, 2.24) is 14.6 Å². The lowest BCUT2D eigenvalue weighted by Gasteiger charge is -2.28. The highest BCUT2D eigenvalue weighted by atomic mass is 31.2. The molecule has 0 aliphatic carbocycles. The first-order chi connectivity index (χ1) is 27.0. The maximum Gasteiger partial charge on any atom is 0.472 e. The van der Waals surface area contributed by atoms with E-state index in [0.717, 1.165) is 31.7 Å². The molecule has 3 heterocycles. The van der Waals surface area contributed by atoms with Gasteiger partial charge in [0.05, 0.1) is 43.3 Å². The fourth-order valence-corrected chi connectivity index (χ4v) is 7.90. The van der Waals surface area contributed by atoms with E-state index in [1.807, 2.05) is 6.07 Å². The molecule has 1 fully saturated rings. The second kappa shape index (κ2) is 23.2. The quantitative estimate of drug-likeness (QED) is 0.0335. The van der Waals surface area contributed by atoms with Gasteiger partial charge in [-0.1, -0.05) is 103 Å². The first kappa shape index (κ1) is 45.4. The molecule has 56 heavy (non-hydrogen) atoms. The van der Waals surface area contributed by atoms with Crippen LogP contribution in [0.25, 0.3) is 5.52 Å². The highest BCUT2D eigenvalue weighted by Gasteiger charge is 2.55. The molecule has 1 unspecified atom stereocenters. The van der Waals surface area contributed by atoms with E-state index < -0.39 is 50.3 Å². The van der Waals surface area contributed by atoms with Crippen molar-refractivity contribution < 1.29 is 42.6 Å². The van der Waals surface area contributed by atoms with Crippen LogP contribution in [0.1, 0.15) is 133 Å². The maximum atomic E-state index is 14.1. The third-order valence-electron chi connectivity index (χ3n) is 10.2. The number of phosphoric ester groups is 1. The normalized spacial score (nSPS) is 21.5. The lowest BCUT2D eigenvalue weighted by atomic mass is 9.96. The molecule has 2 aromatic heterocycles. The number of halogens is 1. The van der Waals surface area contributed by atoms with Gasteiger partial charge in [0.2, 0.25) is 0 Å². The monoisotopic (exact) mass is 802 g/mol. The summed E-state index contributed by atoms with van der Waals surface area (Å²) in [6.07, 6.45) is 16.3. The molecule has 0 bridgehead atoms. The van der Waals surface area contributed by atoms with Crippen molar-refractivity contribution in [1.29, 1.82) is 5.26 Å². The van der Waals surface area contributed by atoms with E-state index in [9.17, 15) is 29.3 Å². The molecule has 0 radical (unpaired) electrons. The number of ether oxygens (including phenoxy) is 2. The number of aliphatic hydroxyl groups excluding tert-OH is 2. The van der Waals surface area contributed by atoms with Gasteiger partial charge in [-0.3, -0.25) is 14.0 Å². The number of aliphatic hydroxyl groups is 2. The molecule has 310 valence electrons. The SMILES string of the molecule is CCCCCCCCCCCCCCCCC[C@@H](COP(=O)(O)OC[C@@]1(C=NC)O[C@@H](c2ccc3c(N)ncnn23)[C@H](O)[C@@H]1O)OCc1cc(F)cc(C#N)c1. The van der Waals surface area contributed by atoms with E-state index in [-0.39, 0.29) is 24.6 Å². The van der Waals surface area contributed by atoms with Gasteiger partial charge < -0.3 is 30.3 Å². The van der Waals surface area contributed by atoms with Crippen LogP contribution >= 0.6 is 7.82 Å². The Balaban J connectivity index is 1.28. The van der Waals surface area contributed by atoms with Gasteiger partial charge in [-0.25, -0.2) is 18.5 Å². The van der Waals surface area contributed by atoms with E-state index >= 15 is 0 Å². The van der Waals surface area contributed by atoms with Gasteiger partial charge in [-0.2, -0.15) is 10.4 Å². The van der Waals surface area contributed by atoms with Gasteiger partial charge in [-0.05, 0) is 42.3 Å². The minimum atomic E-state index is -4.79. The van der Waals surface area contributed by atoms with Crippen molar-refractivity contribution in [2.75, 3.05) is 26.0 Å². The van der Waals surface area contributed by atoms with E-state index in [0.29, 0.717) is 23.2 Å². The topological polar surface area (TPSA) is 207 Å². The van der Waals surface area contributed by atoms with Gasteiger partial charge in [-0.15, -0.1) is 0 Å². The summed E-state index contributed by atoms with van der Waals surface area (Å²) in [5.74, 6) is -0.367. The van der Waals surface area contributed by atoms with Crippen LogP contribution in [0.3, 0.4) is 0 Å². The Hall–Kier alpha value is -3.32. The van der Waals surface area contributed by atoms with Crippen LogP contribution in [0.4, 0.5) is 10.2 Å². The number of unbranched alkanes of at least 4 members (excludes halogenated alkanes) is 14. The number of hydrogen-bond acceptors (Lipinski definition) is 12. The van der Waals surface area contributed by atoms with Gasteiger partial charge in [0.1, 0.15) is 36.0 Å². The molecule has 0 saturated carbocycles. The Labute approximate surface area is 329 Å². The van der Waals surface area contributed by atoms with Crippen molar-refractivity contribution in [2.45, 2.75) is 146 Å². The number of hydrogen-bond donors (Lipinski definition) is 4. The average molecular weight is 803 g/mol. The fraction of sp³-hybridized carbons (Fsp3) is 0.650. The van der Waals surface area contributed by atoms with Crippen molar-refractivity contribution in [2.24, 2.45) is 4.99 Å². The standard InChI is InChI=1S/C40H60FN6O8P/c1-3-4-5-6-7-8-9-10-11-12-13-14-15-16-17-18-33(52-25-31-21-30(24-42)22-32(41)23-31)26-53-56(50,51)54-28-40(27-44-2)38(49)36(48)37(55-40)34-19-20-35-39(43)45-29-46-47(34)35/h19-23,27,29,33,36-38,48-49H,3-18,25-26,28H2,1-2H3,(H,50,51)(H2,43,45,46)/t33-,36-,37-,38-,40+/m0/s1. The average Bonchev–Trinajstić information content (AvgIpc) is 3.72. The summed E-state index contributed by atoms with van der Waals surface area (Å²) >= 11 is 0. The number of anilines is 1. The van der Waals surface area contributed by atoms with Crippen LogP contribution in [-0.2, 0) is 29.7 Å². The lowest BCUT2D eigenvalue weighted by Crippen LogP contribution is -2.48. The zero-order valence-electron chi connectivity index (χ0n) is 32.8. The van der Waals surface area contributed by atoms with E-state index in [4.69, 9.17) is 24.3 Å². The van der Waals surface area contributed by atoms with Crippen LogP contribution in [0, 0.1) is 17.1 Å². The molecular weight excluding hydrogens is 742 g/mol. The Morgan fingerprint density at radius 1 is 1.04 bits per heavy atom. The number of benzene rings is 1. The Bertz CT molecular complexity index is 1760. The lowest BCUT2D eigenvalue weighted by molar-refractivity contribution is -0.0655. The molecule has 1 saturated heterocycles. The predicted molar refractivity (Wildman–Crippen MR) is 211 cm³/mol. The number of nitriles is 1. The minimum Gasteiger partial charge on any atom is -0.387 e. The van der Waals surface area contributed by atoms with Crippen molar-refractivity contribution in [3.05, 3.63) is 59.3 Å². The second-order valence-electron chi connectivity index (χ2n) is 14.7. The first-order valence-corrected chi connectivity index (χ1v) is 21.5. The Morgan fingerprint density at radius 2 is 1.68 bits per heavy atom. The summed E-state index contributed by atoms with van der Waals surface area (Å²) in [5, 5.41) is 35.6. The molecule has 4 rings (SSSR count). The molecular formula is C40H60FN6O8P. The molecule has 5 N–H and O–H groups in total. The summed E-state index contributed by atoms with van der Waals surface area (Å²) in [6.45, 7) is 1.18. The minimum absolute atomic E-state index is 0.0455. The van der Waals surface area contributed by atoms with E-state index in [2.05, 4.69) is 22.0 Å². The zero-order chi connectivity index (χ0) is 40.4. The van der Waals surface area contributed by atoms with Crippen LogP contribution in [-0.4, -0.2) is 80.1 Å². The molecule has 1 aliphatic heterocycles. The van der Waals surface area contributed by atoms with Crippen LogP contribution in [0.5, 0.6) is 0 Å². The van der Waals surface area contributed by atoms with Gasteiger partial charge >= 0.3 is 7.82 Å². The number of rotatable bonds is 27. The van der Waals surface area contributed by atoms with Gasteiger partial charge in [0.25, 0.3) is 0 Å². The summed E-state index contributed by atoms with van der Waals surface area (Å²) < 4.78 is 51.7. The second-order valence-corrected chi connectivity index (χ2v) is 16.1. The summed E-state index contributed by atoms with van der Waals surface area (Å²) in [7, 11) is -3.37. The third-order valence-corrected chi connectivity index (χ3v) is 11.1. The van der Waals surface area contributed by atoms with Crippen molar-refractivity contribution in [3.63, 3.8) is 0 Å². The van der Waals surface area contributed by atoms with Gasteiger partial charge in [0, 0.05) is 13.3 Å². The molecule has 16 heteroatoms. The van der Waals surface area contributed by atoms with Gasteiger partial charge in [0.15, 0.2) is 11.4 Å². The predicted octanol–water partition coefficient (Wildman–Crippen LogP) is 7.54. The number of nitrogens with zero attached hydrogens (tertiary/aromatic N) is 5. The van der Waals surface area contributed by atoms with Crippen LogP contribution < -0.4 is 5.73 Å². The number of nitrogen functional groups attached to an aromatic ring is 1. The zero-order valence-corrected chi connectivity index (χ0v) is 33.7. The number of nitrogens with two attached hydrogens (primary N) is 1.